The van der Waals surface area contributed by atoms with Crippen molar-refractivity contribution >= 4 is 23.0 Å². The minimum absolute atomic E-state index is 0.398. The summed E-state index contributed by atoms with van der Waals surface area (Å²) in [6.45, 7) is 5.82. The lowest BCUT2D eigenvalue weighted by molar-refractivity contribution is 0.0702. The van der Waals surface area contributed by atoms with Crippen LogP contribution in [0.15, 0.2) is 36.4 Å². The molecule has 0 aliphatic carbocycles. The molecule has 0 unspecified atom stereocenters. The van der Waals surface area contributed by atoms with Crippen molar-refractivity contribution in [3.8, 4) is 0 Å². The Morgan fingerprint density at radius 2 is 2.11 bits per heavy atom. The van der Waals surface area contributed by atoms with Crippen LogP contribution in [0.2, 0.25) is 0 Å². The molecule has 0 aliphatic heterocycles. The number of hydrogen-bond donors (Lipinski definition) is 1. The number of aromatic carboxylic acids is 1. The van der Waals surface area contributed by atoms with Gasteiger partial charge in [0.05, 0.1) is 6.54 Å². The van der Waals surface area contributed by atoms with Gasteiger partial charge < -0.3 is 10.0 Å². The van der Waals surface area contributed by atoms with Gasteiger partial charge in [0, 0.05) is 17.1 Å². The lowest BCUT2D eigenvalue weighted by atomic mass is 10.2. The third kappa shape index (κ3) is 3.35. The summed E-state index contributed by atoms with van der Waals surface area (Å²) in [5.74, 6) is -0.852. The van der Waals surface area contributed by atoms with Gasteiger partial charge in [-0.2, -0.15) is 0 Å². The van der Waals surface area contributed by atoms with Crippen molar-refractivity contribution in [2.75, 3.05) is 11.4 Å². The molecule has 19 heavy (non-hydrogen) atoms. The molecular weight excluding hydrogens is 258 g/mol. The SMILES string of the molecule is CCN(Cc1ccc(C(=O)O)s1)c1cccc(C)c1. The average molecular weight is 275 g/mol. The monoisotopic (exact) mass is 275 g/mol. The zero-order valence-electron chi connectivity index (χ0n) is 11.1. The van der Waals surface area contributed by atoms with Gasteiger partial charge in [-0.05, 0) is 43.7 Å². The second-order valence-electron chi connectivity index (χ2n) is 4.42. The van der Waals surface area contributed by atoms with Crippen LogP contribution in [0, 0.1) is 6.92 Å². The van der Waals surface area contributed by atoms with Crippen molar-refractivity contribution in [1.29, 1.82) is 0 Å². The molecule has 3 nitrogen and oxygen atoms in total. The van der Waals surface area contributed by atoms with E-state index < -0.39 is 5.97 Å². The van der Waals surface area contributed by atoms with E-state index in [1.165, 1.54) is 22.6 Å². The van der Waals surface area contributed by atoms with Crippen molar-refractivity contribution in [3.63, 3.8) is 0 Å². The van der Waals surface area contributed by atoms with Crippen LogP contribution >= 0.6 is 11.3 Å². The quantitative estimate of drug-likeness (QED) is 0.902. The maximum absolute atomic E-state index is 10.9. The summed E-state index contributed by atoms with van der Waals surface area (Å²) in [5, 5.41) is 8.94. The first-order valence-electron chi connectivity index (χ1n) is 6.23. The summed E-state index contributed by atoms with van der Waals surface area (Å²) in [6.07, 6.45) is 0. The summed E-state index contributed by atoms with van der Waals surface area (Å²) >= 11 is 1.34. The number of hydrogen-bond acceptors (Lipinski definition) is 3. The number of carbonyl (C=O) groups is 1. The van der Waals surface area contributed by atoms with Crippen LogP contribution < -0.4 is 4.90 Å². The van der Waals surface area contributed by atoms with E-state index in [1.54, 1.807) is 6.07 Å². The van der Waals surface area contributed by atoms with Gasteiger partial charge in [-0.1, -0.05) is 12.1 Å². The molecule has 2 aromatic rings. The summed E-state index contributed by atoms with van der Waals surface area (Å²) in [4.78, 5) is 14.6. The highest BCUT2D eigenvalue weighted by atomic mass is 32.1. The first-order chi connectivity index (χ1) is 9.10. The second kappa shape index (κ2) is 5.89. The third-order valence-corrected chi connectivity index (χ3v) is 4.03. The number of rotatable bonds is 5. The molecular formula is C15H17NO2S. The zero-order chi connectivity index (χ0) is 13.8. The van der Waals surface area contributed by atoms with E-state index in [-0.39, 0.29) is 0 Å². The van der Waals surface area contributed by atoms with E-state index in [4.69, 9.17) is 5.11 Å². The minimum Gasteiger partial charge on any atom is -0.477 e. The first-order valence-corrected chi connectivity index (χ1v) is 7.05. The molecule has 1 aromatic heterocycles. The maximum atomic E-state index is 10.9. The molecule has 0 spiro atoms. The van der Waals surface area contributed by atoms with Crippen LogP contribution in [0.5, 0.6) is 0 Å². The Balaban J connectivity index is 2.16. The van der Waals surface area contributed by atoms with E-state index in [0.717, 1.165) is 18.0 Å². The van der Waals surface area contributed by atoms with Crippen LogP contribution in [-0.4, -0.2) is 17.6 Å². The maximum Gasteiger partial charge on any atom is 0.345 e. The number of carboxylic acids is 1. The van der Waals surface area contributed by atoms with Gasteiger partial charge in [0.1, 0.15) is 4.88 Å². The smallest absolute Gasteiger partial charge is 0.345 e. The van der Waals surface area contributed by atoms with Crippen LogP contribution in [-0.2, 0) is 6.54 Å². The molecule has 2 rings (SSSR count). The average Bonchev–Trinajstić information content (AvgIpc) is 2.84. The van der Waals surface area contributed by atoms with Crippen LogP contribution in [0.4, 0.5) is 5.69 Å². The molecule has 4 heteroatoms. The number of nitrogens with zero attached hydrogens (tertiary/aromatic N) is 1. The lowest BCUT2D eigenvalue weighted by Crippen LogP contribution is -2.21. The predicted octanol–water partition coefficient (Wildman–Crippen LogP) is 3.78. The van der Waals surface area contributed by atoms with Gasteiger partial charge >= 0.3 is 5.97 Å². The Labute approximate surface area is 117 Å². The molecule has 0 amide bonds. The Morgan fingerprint density at radius 3 is 2.68 bits per heavy atom. The molecule has 0 saturated carbocycles. The minimum atomic E-state index is -0.852. The van der Waals surface area contributed by atoms with Gasteiger partial charge in [0.25, 0.3) is 0 Å². The van der Waals surface area contributed by atoms with Gasteiger partial charge in [0.2, 0.25) is 0 Å². The molecule has 0 aliphatic rings. The van der Waals surface area contributed by atoms with E-state index >= 15 is 0 Å². The van der Waals surface area contributed by atoms with Crippen molar-refractivity contribution in [2.24, 2.45) is 0 Å². The second-order valence-corrected chi connectivity index (χ2v) is 5.59. The molecule has 1 aromatic carbocycles. The largest absolute Gasteiger partial charge is 0.477 e. The number of carboxylic acid groups (broad SMARTS) is 1. The Kier molecular flexibility index (Phi) is 4.22. The lowest BCUT2D eigenvalue weighted by Gasteiger charge is -2.22. The topological polar surface area (TPSA) is 40.5 Å². The molecule has 100 valence electrons. The summed E-state index contributed by atoms with van der Waals surface area (Å²) < 4.78 is 0. The van der Waals surface area contributed by atoms with Gasteiger partial charge in [-0.15, -0.1) is 11.3 Å². The molecule has 0 bridgehead atoms. The molecule has 0 saturated heterocycles. The summed E-state index contributed by atoms with van der Waals surface area (Å²) in [5.41, 5.74) is 2.40. The van der Waals surface area contributed by atoms with Crippen molar-refractivity contribution in [2.45, 2.75) is 20.4 Å². The van der Waals surface area contributed by atoms with E-state index in [1.807, 2.05) is 12.1 Å². The van der Waals surface area contributed by atoms with Crippen molar-refractivity contribution in [3.05, 3.63) is 51.7 Å². The Bertz CT molecular complexity index is 577. The first kappa shape index (κ1) is 13.6. The van der Waals surface area contributed by atoms with Gasteiger partial charge in [0.15, 0.2) is 0 Å². The highest BCUT2D eigenvalue weighted by Crippen LogP contribution is 2.22. The fraction of sp³-hybridized carbons (Fsp3) is 0.267. The van der Waals surface area contributed by atoms with Gasteiger partial charge in [-0.3, -0.25) is 0 Å². The van der Waals surface area contributed by atoms with Crippen molar-refractivity contribution < 1.29 is 9.90 Å². The fourth-order valence-corrected chi connectivity index (χ4v) is 2.84. The molecule has 1 N–H and O–H groups in total. The number of benzene rings is 1. The number of aryl methyl sites for hydroxylation is 1. The Morgan fingerprint density at radius 1 is 1.32 bits per heavy atom. The van der Waals surface area contributed by atoms with E-state index in [2.05, 4.69) is 36.9 Å². The normalized spacial score (nSPS) is 10.4. The summed E-state index contributed by atoms with van der Waals surface area (Å²) in [6, 6.07) is 11.9. The highest BCUT2D eigenvalue weighted by molar-refractivity contribution is 7.13. The van der Waals surface area contributed by atoms with Crippen molar-refractivity contribution in [1.82, 2.24) is 0 Å². The summed E-state index contributed by atoms with van der Waals surface area (Å²) in [7, 11) is 0. The van der Waals surface area contributed by atoms with Crippen LogP contribution in [0.1, 0.15) is 27.0 Å². The fourth-order valence-electron chi connectivity index (χ4n) is 1.98. The Hall–Kier alpha value is -1.81. The van der Waals surface area contributed by atoms with Gasteiger partial charge in [-0.25, -0.2) is 4.79 Å². The predicted molar refractivity (Wildman–Crippen MR) is 79.2 cm³/mol. The number of anilines is 1. The highest BCUT2D eigenvalue weighted by Gasteiger charge is 2.10. The van der Waals surface area contributed by atoms with E-state index in [0.29, 0.717) is 4.88 Å². The molecule has 0 radical (unpaired) electrons. The molecule has 1 heterocycles. The van der Waals surface area contributed by atoms with E-state index in [9.17, 15) is 4.79 Å². The number of thiophene rings is 1. The standard InChI is InChI=1S/C15H17NO2S/c1-3-16(12-6-4-5-11(2)9-12)10-13-7-8-14(19-13)15(17)18/h4-9H,3,10H2,1-2H3,(H,17,18). The molecule has 0 fully saturated rings. The third-order valence-electron chi connectivity index (χ3n) is 2.97. The zero-order valence-corrected chi connectivity index (χ0v) is 11.9. The molecule has 0 atom stereocenters. The van der Waals surface area contributed by atoms with Crippen LogP contribution in [0.25, 0.3) is 0 Å². The van der Waals surface area contributed by atoms with Crippen LogP contribution in [0.3, 0.4) is 0 Å².